The van der Waals surface area contributed by atoms with Crippen molar-refractivity contribution in [2.75, 3.05) is 0 Å². The summed E-state index contributed by atoms with van der Waals surface area (Å²) in [6.07, 6.45) is 0. The Bertz CT molecular complexity index is 564. The van der Waals surface area contributed by atoms with Crippen molar-refractivity contribution in [2.45, 2.75) is 6.92 Å². The van der Waals surface area contributed by atoms with Gasteiger partial charge in [-0.2, -0.15) is 0 Å². The molecule has 0 saturated carbocycles. The lowest BCUT2D eigenvalue weighted by Gasteiger charge is -2.06. The summed E-state index contributed by atoms with van der Waals surface area (Å²) in [5.41, 5.74) is 1.41. The first-order valence-electron chi connectivity index (χ1n) is 4.64. The second kappa shape index (κ2) is 5.11. The van der Waals surface area contributed by atoms with Gasteiger partial charge in [0.05, 0.1) is 0 Å². The topological polar surface area (TPSA) is 25.8 Å². The Morgan fingerprint density at radius 1 is 1.06 bits per heavy atom. The summed E-state index contributed by atoms with van der Waals surface area (Å²) in [6, 6.07) is 5.35. The van der Waals surface area contributed by atoms with E-state index in [0.29, 0.717) is 26.7 Å². The molecule has 0 saturated heterocycles. The first-order valence-corrected chi connectivity index (χ1v) is 6.57. The standard InChI is InChI=1S/C11H6BrCl3N2/c1-5-9(14)16-11(17-10(5)15)7-4-6(13)2-3-8(7)12/h2-4H,1H3. The van der Waals surface area contributed by atoms with Crippen LogP contribution in [0.4, 0.5) is 0 Å². The molecule has 0 radical (unpaired) electrons. The van der Waals surface area contributed by atoms with E-state index in [9.17, 15) is 0 Å². The number of nitrogens with zero attached hydrogens (tertiary/aromatic N) is 2. The number of rotatable bonds is 1. The Hall–Kier alpha value is -0.350. The van der Waals surface area contributed by atoms with Crippen molar-refractivity contribution in [2.24, 2.45) is 0 Å². The lowest BCUT2D eigenvalue weighted by atomic mass is 10.2. The largest absolute Gasteiger partial charge is 0.216 e. The normalized spacial score (nSPS) is 10.6. The molecular formula is C11H6BrCl3N2. The molecule has 2 aromatic rings. The summed E-state index contributed by atoms with van der Waals surface area (Å²) >= 11 is 21.3. The molecule has 0 atom stereocenters. The van der Waals surface area contributed by atoms with Crippen LogP contribution in [0.1, 0.15) is 5.56 Å². The first kappa shape index (κ1) is 13.1. The summed E-state index contributed by atoms with van der Waals surface area (Å²) in [5, 5.41) is 1.28. The van der Waals surface area contributed by atoms with Gasteiger partial charge in [0, 0.05) is 20.6 Å². The van der Waals surface area contributed by atoms with Crippen LogP contribution in [0.25, 0.3) is 11.4 Å². The Balaban J connectivity index is 2.64. The van der Waals surface area contributed by atoms with Crippen molar-refractivity contribution >= 4 is 50.7 Å². The van der Waals surface area contributed by atoms with Gasteiger partial charge in [-0.05, 0) is 25.1 Å². The van der Waals surface area contributed by atoms with E-state index >= 15 is 0 Å². The fraction of sp³-hybridized carbons (Fsp3) is 0.0909. The minimum Gasteiger partial charge on any atom is -0.216 e. The van der Waals surface area contributed by atoms with E-state index in [0.717, 1.165) is 10.0 Å². The van der Waals surface area contributed by atoms with Crippen molar-refractivity contribution in [3.05, 3.63) is 43.6 Å². The van der Waals surface area contributed by atoms with Crippen LogP contribution in [0.15, 0.2) is 22.7 Å². The average molecular weight is 352 g/mol. The monoisotopic (exact) mass is 350 g/mol. The van der Waals surface area contributed by atoms with Gasteiger partial charge in [-0.3, -0.25) is 0 Å². The van der Waals surface area contributed by atoms with E-state index in [1.807, 2.05) is 6.07 Å². The smallest absolute Gasteiger partial charge is 0.163 e. The third-order valence-electron chi connectivity index (χ3n) is 2.20. The van der Waals surface area contributed by atoms with Crippen LogP contribution in [0.2, 0.25) is 15.3 Å². The van der Waals surface area contributed by atoms with E-state index in [1.165, 1.54) is 0 Å². The van der Waals surface area contributed by atoms with Crippen LogP contribution >= 0.6 is 50.7 Å². The van der Waals surface area contributed by atoms with Crippen molar-refractivity contribution in [3.63, 3.8) is 0 Å². The second-order valence-corrected chi connectivity index (χ2v) is 5.38. The van der Waals surface area contributed by atoms with Crippen molar-refractivity contribution in [3.8, 4) is 11.4 Å². The van der Waals surface area contributed by atoms with Gasteiger partial charge in [-0.15, -0.1) is 0 Å². The molecule has 1 aromatic carbocycles. The lowest BCUT2D eigenvalue weighted by molar-refractivity contribution is 1.14. The SMILES string of the molecule is Cc1c(Cl)nc(-c2cc(Cl)ccc2Br)nc1Cl. The molecule has 6 heteroatoms. The van der Waals surface area contributed by atoms with Crippen LogP contribution in [-0.4, -0.2) is 9.97 Å². The third kappa shape index (κ3) is 2.74. The predicted octanol–water partition coefficient (Wildman–Crippen LogP) is 5.17. The van der Waals surface area contributed by atoms with Crippen LogP contribution in [0, 0.1) is 6.92 Å². The van der Waals surface area contributed by atoms with Gasteiger partial charge in [-0.25, -0.2) is 9.97 Å². The zero-order chi connectivity index (χ0) is 12.6. The Labute approximate surface area is 122 Å². The number of halogens is 4. The van der Waals surface area contributed by atoms with Gasteiger partial charge in [0.1, 0.15) is 10.3 Å². The Kier molecular flexibility index (Phi) is 3.93. The van der Waals surface area contributed by atoms with Gasteiger partial charge in [0.2, 0.25) is 0 Å². The van der Waals surface area contributed by atoms with Crippen LogP contribution < -0.4 is 0 Å². The van der Waals surface area contributed by atoms with E-state index in [-0.39, 0.29) is 0 Å². The average Bonchev–Trinajstić information content (AvgIpc) is 2.28. The van der Waals surface area contributed by atoms with Gasteiger partial charge in [0.25, 0.3) is 0 Å². The molecule has 0 aliphatic heterocycles. The molecule has 0 spiro atoms. The molecule has 1 aromatic heterocycles. The van der Waals surface area contributed by atoms with Crippen LogP contribution in [-0.2, 0) is 0 Å². The number of hydrogen-bond donors (Lipinski definition) is 0. The van der Waals surface area contributed by atoms with E-state index < -0.39 is 0 Å². The van der Waals surface area contributed by atoms with Gasteiger partial charge < -0.3 is 0 Å². The molecule has 0 amide bonds. The van der Waals surface area contributed by atoms with Crippen molar-refractivity contribution in [1.29, 1.82) is 0 Å². The fourth-order valence-corrected chi connectivity index (χ4v) is 2.24. The zero-order valence-corrected chi connectivity index (χ0v) is 12.5. The predicted molar refractivity (Wildman–Crippen MR) is 74.9 cm³/mol. The fourth-order valence-electron chi connectivity index (χ4n) is 1.25. The molecule has 17 heavy (non-hydrogen) atoms. The maximum Gasteiger partial charge on any atom is 0.163 e. The zero-order valence-electron chi connectivity index (χ0n) is 8.64. The highest BCUT2D eigenvalue weighted by molar-refractivity contribution is 9.10. The summed E-state index contributed by atoms with van der Waals surface area (Å²) in [5.74, 6) is 0.444. The van der Waals surface area contributed by atoms with Crippen molar-refractivity contribution < 1.29 is 0 Å². The molecule has 2 nitrogen and oxygen atoms in total. The van der Waals surface area contributed by atoms with Gasteiger partial charge in [0.15, 0.2) is 5.82 Å². The molecular weight excluding hydrogens is 346 g/mol. The maximum absolute atomic E-state index is 5.98. The lowest BCUT2D eigenvalue weighted by Crippen LogP contribution is -1.94. The summed E-state index contributed by atoms with van der Waals surface area (Å²) in [4.78, 5) is 8.37. The summed E-state index contributed by atoms with van der Waals surface area (Å²) in [6.45, 7) is 1.77. The summed E-state index contributed by atoms with van der Waals surface area (Å²) < 4.78 is 0.831. The maximum atomic E-state index is 5.98. The highest BCUT2D eigenvalue weighted by Crippen LogP contribution is 2.31. The molecule has 0 N–H and O–H groups in total. The minimum absolute atomic E-state index is 0.340. The van der Waals surface area contributed by atoms with Crippen LogP contribution in [0.3, 0.4) is 0 Å². The number of aromatic nitrogens is 2. The van der Waals surface area contributed by atoms with E-state index in [2.05, 4.69) is 25.9 Å². The minimum atomic E-state index is 0.340. The van der Waals surface area contributed by atoms with Gasteiger partial charge in [-0.1, -0.05) is 50.7 Å². The molecule has 1 heterocycles. The van der Waals surface area contributed by atoms with Gasteiger partial charge >= 0.3 is 0 Å². The molecule has 2 rings (SSSR count). The molecule has 0 unspecified atom stereocenters. The quantitative estimate of drug-likeness (QED) is 0.661. The second-order valence-electron chi connectivity index (χ2n) is 3.38. The Morgan fingerprint density at radius 2 is 1.65 bits per heavy atom. The first-order chi connectivity index (χ1) is 7.99. The molecule has 88 valence electrons. The Morgan fingerprint density at radius 3 is 2.24 bits per heavy atom. The van der Waals surface area contributed by atoms with Crippen molar-refractivity contribution in [1.82, 2.24) is 9.97 Å². The highest BCUT2D eigenvalue weighted by Gasteiger charge is 2.12. The van der Waals surface area contributed by atoms with E-state index in [4.69, 9.17) is 34.8 Å². The van der Waals surface area contributed by atoms with E-state index in [1.54, 1.807) is 19.1 Å². The molecule has 0 bridgehead atoms. The number of hydrogen-bond acceptors (Lipinski definition) is 2. The molecule has 0 aliphatic carbocycles. The third-order valence-corrected chi connectivity index (χ3v) is 3.86. The molecule has 0 aliphatic rings. The number of benzene rings is 1. The summed E-state index contributed by atoms with van der Waals surface area (Å²) in [7, 11) is 0. The highest BCUT2D eigenvalue weighted by atomic mass is 79.9. The van der Waals surface area contributed by atoms with Crippen LogP contribution in [0.5, 0.6) is 0 Å². The molecule has 0 fully saturated rings.